The third-order valence-electron chi connectivity index (χ3n) is 1.34. The lowest BCUT2D eigenvalue weighted by atomic mass is 10.2. The van der Waals surface area contributed by atoms with Crippen LogP contribution in [0.3, 0.4) is 0 Å². The van der Waals surface area contributed by atoms with E-state index in [2.05, 4.69) is 5.16 Å². The van der Waals surface area contributed by atoms with Gasteiger partial charge in [-0.1, -0.05) is 5.16 Å². The molecule has 10 heavy (non-hydrogen) atoms. The fourth-order valence-electron chi connectivity index (χ4n) is 0.759. The molecule has 0 bridgehead atoms. The topological polar surface area (TPSA) is 61.3 Å². The number of hydrogen-bond donors (Lipinski definition) is 1. The van der Waals surface area contributed by atoms with Gasteiger partial charge in [0.05, 0.1) is 18.4 Å². The van der Waals surface area contributed by atoms with Crippen LogP contribution in [0.25, 0.3) is 0 Å². The molecular formula is C6H10N2O2. The summed E-state index contributed by atoms with van der Waals surface area (Å²) in [4.78, 5) is 0. The van der Waals surface area contributed by atoms with Gasteiger partial charge < -0.3 is 15.0 Å². The van der Waals surface area contributed by atoms with Gasteiger partial charge in [-0.2, -0.15) is 0 Å². The summed E-state index contributed by atoms with van der Waals surface area (Å²) in [5.41, 5.74) is 7.02. The minimum absolute atomic E-state index is 0.401. The maximum Gasteiger partial charge on any atom is 0.315 e. The van der Waals surface area contributed by atoms with Crippen molar-refractivity contribution in [3.8, 4) is 5.95 Å². The fraction of sp³-hybridized carbons (Fsp3) is 0.500. The second-order valence-corrected chi connectivity index (χ2v) is 1.94. The number of aromatic nitrogens is 1. The molecule has 0 aliphatic carbocycles. The van der Waals surface area contributed by atoms with Gasteiger partial charge in [-0.05, 0) is 6.92 Å². The number of rotatable bonds is 2. The van der Waals surface area contributed by atoms with Crippen molar-refractivity contribution in [3.05, 3.63) is 11.3 Å². The Labute approximate surface area is 58.9 Å². The SMILES string of the molecule is COc1onc(C)c1CN. The second-order valence-electron chi connectivity index (χ2n) is 1.94. The largest absolute Gasteiger partial charge is 0.467 e. The zero-order chi connectivity index (χ0) is 7.56. The van der Waals surface area contributed by atoms with Gasteiger partial charge in [0.25, 0.3) is 0 Å². The van der Waals surface area contributed by atoms with Crippen LogP contribution in [0, 0.1) is 6.92 Å². The summed E-state index contributed by atoms with van der Waals surface area (Å²) in [6.45, 7) is 2.23. The Bertz CT molecular complexity index is 220. The van der Waals surface area contributed by atoms with Crippen molar-refractivity contribution in [1.29, 1.82) is 0 Å². The third-order valence-corrected chi connectivity index (χ3v) is 1.34. The summed E-state index contributed by atoms with van der Waals surface area (Å²) in [6, 6.07) is 0. The molecule has 2 N–H and O–H groups in total. The lowest BCUT2D eigenvalue weighted by molar-refractivity contribution is 0.257. The summed E-state index contributed by atoms with van der Waals surface area (Å²) in [6.07, 6.45) is 0. The Kier molecular flexibility index (Phi) is 1.91. The molecule has 0 atom stereocenters. The van der Waals surface area contributed by atoms with E-state index in [9.17, 15) is 0 Å². The molecule has 0 aliphatic heterocycles. The van der Waals surface area contributed by atoms with Crippen LogP contribution in [0.15, 0.2) is 4.52 Å². The summed E-state index contributed by atoms with van der Waals surface area (Å²) < 4.78 is 9.63. The standard InChI is InChI=1S/C6H10N2O2/c1-4-5(3-7)6(9-2)10-8-4/h3,7H2,1-2H3. The van der Waals surface area contributed by atoms with Crippen LogP contribution < -0.4 is 10.5 Å². The number of aryl methyl sites for hydroxylation is 1. The molecule has 4 heteroatoms. The first kappa shape index (κ1) is 7.08. The monoisotopic (exact) mass is 142 g/mol. The molecule has 0 aliphatic rings. The number of nitrogens with zero attached hydrogens (tertiary/aromatic N) is 1. The maximum atomic E-state index is 5.39. The highest BCUT2D eigenvalue weighted by Crippen LogP contribution is 2.19. The zero-order valence-electron chi connectivity index (χ0n) is 6.05. The lowest BCUT2D eigenvalue weighted by Crippen LogP contribution is -1.98. The smallest absolute Gasteiger partial charge is 0.315 e. The molecule has 1 aromatic rings. The molecule has 0 saturated heterocycles. The van der Waals surface area contributed by atoms with Crippen molar-refractivity contribution in [1.82, 2.24) is 5.16 Å². The predicted molar refractivity (Wildman–Crippen MR) is 35.7 cm³/mol. The van der Waals surface area contributed by atoms with Crippen molar-refractivity contribution >= 4 is 0 Å². The molecule has 0 amide bonds. The van der Waals surface area contributed by atoms with Gasteiger partial charge in [-0.25, -0.2) is 0 Å². The van der Waals surface area contributed by atoms with E-state index in [0.717, 1.165) is 11.3 Å². The van der Waals surface area contributed by atoms with Crippen LogP contribution in [-0.4, -0.2) is 12.3 Å². The Balaban J connectivity index is 3.01. The van der Waals surface area contributed by atoms with Gasteiger partial charge in [0.2, 0.25) is 0 Å². The molecule has 0 spiro atoms. The molecule has 1 aromatic heterocycles. The van der Waals surface area contributed by atoms with Crippen LogP contribution in [0.1, 0.15) is 11.3 Å². The van der Waals surface area contributed by atoms with Gasteiger partial charge in [0, 0.05) is 6.54 Å². The number of hydrogen-bond acceptors (Lipinski definition) is 4. The van der Waals surface area contributed by atoms with E-state index < -0.39 is 0 Å². The predicted octanol–water partition coefficient (Wildman–Crippen LogP) is 0.450. The van der Waals surface area contributed by atoms with Crippen molar-refractivity contribution in [3.63, 3.8) is 0 Å². The van der Waals surface area contributed by atoms with Crippen LogP contribution in [-0.2, 0) is 6.54 Å². The molecule has 0 radical (unpaired) electrons. The highest BCUT2D eigenvalue weighted by atomic mass is 16.6. The van der Waals surface area contributed by atoms with Crippen molar-refractivity contribution in [2.75, 3.05) is 7.11 Å². The Morgan fingerprint density at radius 1 is 1.70 bits per heavy atom. The molecule has 1 rings (SSSR count). The molecule has 0 saturated carbocycles. The summed E-state index contributed by atoms with van der Waals surface area (Å²) in [7, 11) is 1.53. The Hall–Kier alpha value is -1.03. The molecule has 56 valence electrons. The van der Waals surface area contributed by atoms with Crippen molar-refractivity contribution in [2.45, 2.75) is 13.5 Å². The highest BCUT2D eigenvalue weighted by molar-refractivity contribution is 5.26. The van der Waals surface area contributed by atoms with Gasteiger partial charge in [-0.3, -0.25) is 0 Å². The fourth-order valence-corrected chi connectivity index (χ4v) is 0.759. The molecular weight excluding hydrogens is 132 g/mol. The lowest BCUT2D eigenvalue weighted by Gasteiger charge is -1.94. The normalized spacial score (nSPS) is 9.90. The summed E-state index contributed by atoms with van der Waals surface area (Å²) in [5, 5.41) is 3.68. The molecule has 4 nitrogen and oxygen atoms in total. The number of ether oxygens (including phenoxy) is 1. The second kappa shape index (κ2) is 2.70. The minimum atomic E-state index is 0.401. The van der Waals surface area contributed by atoms with Crippen LogP contribution in [0.4, 0.5) is 0 Å². The first-order valence-electron chi connectivity index (χ1n) is 2.98. The van der Waals surface area contributed by atoms with E-state index in [1.54, 1.807) is 0 Å². The minimum Gasteiger partial charge on any atom is -0.467 e. The van der Waals surface area contributed by atoms with E-state index in [1.165, 1.54) is 7.11 Å². The first-order valence-corrected chi connectivity index (χ1v) is 2.98. The molecule has 0 unspecified atom stereocenters. The van der Waals surface area contributed by atoms with E-state index >= 15 is 0 Å². The molecule has 1 heterocycles. The van der Waals surface area contributed by atoms with Gasteiger partial charge in [-0.15, -0.1) is 0 Å². The van der Waals surface area contributed by atoms with Gasteiger partial charge in [0.1, 0.15) is 0 Å². The van der Waals surface area contributed by atoms with E-state index in [4.69, 9.17) is 15.0 Å². The van der Waals surface area contributed by atoms with Crippen molar-refractivity contribution < 1.29 is 9.26 Å². The quantitative estimate of drug-likeness (QED) is 0.651. The van der Waals surface area contributed by atoms with Gasteiger partial charge in [0.15, 0.2) is 0 Å². The van der Waals surface area contributed by atoms with E-state index in [-0.39, 0.29) is 0 Å². The van der Waals surface area contributed by atoms with Crippen LogP contribution in [0.5, 0.6) is 5.95 Å². The number of nitrogens with two attached hydrogens (primary N) is 1. The maximum absolute atomic E-state index is 5.39. The van der Waals surface area contributed by atoms with Crippen LogP contribution in [0.2, 0.25) is 0 Å². The summed E-state index contributed by atoms with van der Waals surface area (Å²) in [5.74, 6) is 0.417. The average molecular weight is 142 g/mol. The van der Waals surface area contributed by atoms with Crippen LogP contribution >= 0.6 is 0 Å². The zero-order valence-corrected chi connectivity index (χ0v) is 6.05. The third kappa shape index (κ3) is 0.974. The molecule has 0 fully saturated rings. The average Bonchev–Trinajstić information content (AvgIpc) is 2.30. The first-order chi connectivity index (χ1) is 4.79. The van der Waals surface area contributed by atoms with Crippen molar-refractivity contribution in [2.24, 2.45) is 5.73 Å². The van der Waals surface area contributed by atoms with Gasteiger partial charge >= 0.3 is 5.95 Å². The Morgan fingerprint density at radius 2 is 2.40 bits per heavy atom. The van der Waals surface area contributed by atoms with E-state index in [1.807, 2.05) is 6.92 Å². The summed E-state index contributed by atoms with van der Waals surface area (Å²) >= 11 is 0. The number of methoxy groups -OCH3 is 1. The Morgan fingerprint density at radius 3 is 2.80 bits per heavy atom. The van der Waals surface area contributed by atoms with E-state index in [0.29, 0.717) is 12.5 Å². The highest BCUT2D eigenvalue weighted by Gasteiger charge is 2.10. The molecule has 0 aromatic carbocycles.